The first-order valence-corrected chi connectivity index (χ1v) is 6.84. The third-order valence-electron chi connectivity index (χ3n) is 2.63. The summed E-state index contributed by atoms with van der Waals surface area (Å²) in [6.07, 6.45) is 1.39. The van der Waals surface area contributed by atoms with Crippen molar-refractivity contribution in [3.63, 3.8) is 0 Å². The lowest BCUT2D eigenvalue weighted by Crippen LogP contribution is -2.25. The molecule has 0 unspecified atom stereocenters. The lowest BCUT2D eigenvalue weighted by Gasteiger charge is -2.07. The number of hydrogen-bond donors (Lipinski definition) is 1. The molecule has 1 N–H and O–H groups in total. The van der Waals surface area contributed by atoms with Crippen molar-refractivity contribution in [3.05, 3.63) is 35.9 Å². The lowest BCUT2D eigenvalue weighted by atomic mass is 10.2. The van der Waals surface area contributed by atoms with Crippen molar-refractivity contribution in [2.75, 3.05) is 33.5 Å². The van der Waals surface area contributed by atoms with Gasteiger partial charge in [-0.15, -0.1) is 0 Å². The molecule has 0 atom stereocenters. The van der Waals surface area contributed by atoms with E-state index >= 15 is 0 Å². The first-order valence-electron chi connectivity index (χ1n) is 6.84. The highest BCUT2D eigenvalue weighted by Crippen LogP contribution is 2.00. The van der Waals surface area contributed by atoms with Crippen molar-refractivity contribution < 1.29 is 19.0 Å². The summed E-state index contributed by atoms with van der Waals surface area (Å²) in [5.74, 6) is 0. The van der Waals surface area contributed by atoms with Gasteiger partial charge in [0.05, 0.1) is 13.2 Å². The Kier molecular flexibility index (Phi) is 9.26. The molecule has 112 valence electrons. The first-order chi connectivity index (χ1) is 9.83. The van der Waals surface area contributed by atoms with E-state index in [1.54, 1.807) is 7.11 Å². The van der Waals surface area contributed by atoms with Crippen molar-refractivity contribution in [2.24, 2.45) is 0 Å². The van der Waals surface area contributed by atoms with Gasteiger partial charge in [-0.05, 0) is 18.4 Å². The highest BCUT2D eigenvalue weighted by atomic mass is 16.5. The lowest BCUT2D eigenvalue weighted by molar-refractivity contribution is 0.0687. The van der Waals surface area contributed by atoms with Crippen LogP contribution in [0, 0.1) is 0 Å². The number of hydrogen-bond acceptors (Lipinski definition) is 4. The van der Waals surface area contributed by atoms with Gasteiger partial charge in [0.1, 0.15) is 6.61 Å². The van der Waals surface area contributed by atoms with Crippen LogP contribution in [0.3, 0.4) is 0 Å². The molecule has 5 heteroatoms. The zero-order valence-electron chi connectivity index (χ0n) is 12.0. The number of benzene rings is 1. The van der Waals surface area contributed by atoms with Crippen LogP contribution in [-0.4, -0.2) is 39.6 Å². The van der Waals surface area contributed by atoms with Gasteiger partial charge in [-0.3, -0.25) is 0 Å². The van der Waals surface area contributed by atoms with Gasteiger partial charge in [0.25, 0.3) is 0 Å². The van der Waals surface area contributed by atoms with Crippen LogP contribution in [-0.2, 0) is 20.8 Å². The minimum absolute atomic E-state index is 0.298. The van der Waals surface area contributed by atoms with Crippen molar-refractivity contribution >= 4 is 6.09 Å². The van der Waals surface area contributed by atoms with E-state index in [1.165, 1.54) is 0 Å². The monoisotopic (exact) mass is 281 g/mol. The average Bonchev–Trinajstić information content (AvgIpc) is 2.49. The predicted molar refractivity (Wildman–Crippen MR) is 76.6 cm³/mol. The third kappa shape index (κ3) is 8.50. The van der Waals surface area contributed by atoms with Crippen LogP contribution >= 0.6 is 0 Å². The molecular formula is C15H23NO4. The number of alkyl carbamates (subject to hydrolysis) is 1. The molecule has 0 heterocycles. The Balaban J connectivity index is 1.93. The smallest absolute Gasteiger partial charge is 0.407 e. The molecule has 0 saturated carbocycles. The molecule has 0 spiro atoms. The fraction of sp³-hybridized carbons (Fsp3) is 0.533. The number of unbranched alkanes of at least 4 members (excludes halogenated alkanes) is 1. The second-order valence-corrected chi connectivity index (χ2v) is 4.30. The third-order valence-corrected chi connectivity index (χ3v) is 2.63. The van der Waals surface area contributed by atoms with Crippen molar-refractivity contribution in [1.82, 2.24) is 5.32 Å². The molecule has 0 fully saturated rings. The Morgan fingerprint density at radius 1 is 1.10 bits per heavy atom. The second kappa shape index (κ2) is 11.3. The van der Waals surface area contributed by atoms with E-state index in [9.17, 15) is 4.79 Å². The number of amides is 1. The summed E-state index contributed by atoms with van der Waals surface area (Å²) in [4.78, 5) is 11.4. The molecular weight excluding hydrogens is 258 g/mol. The zero-order chi connectivity index (χ0) is 14.5. The van der Waals surface area contributed by atoms with Crippen LogP contribution in [0.15, 0.2) is 30.3 Å². The van der Waals surface area contributed by atoms with Gasteiger partial charge in [-0.2, -0.15) is 0 Å². The number of carbonyl (C=O) groups excluding carboxylic acids is 1. The Hall–Kier alpha value is -1.59. The summed E-state index contributed by atoms with van der Waals surface area (Å²) in [5, 5.41) is 2.71. The minimum Gasteiger partial charge on any atom is -0.445 e. The molecule has 0 bridgehead atoms. The molecule has 1 amide bonds. The van der Waals surface area contributed by atoms with Crippen molar-refractivity contribution in [1.29, 1.82) is 0 Å². The van der Waals surface area contributed by atoms with Gasteiger partial charge in [0.2, 0.25) is 0 Å². The fourth-order valence-electron chi connectivity index (χ4n) is 1.54. The van der Waals surface area contributed by atoms with E-state index in [4.69, 9.17) is 14.2 Å². The normalized spacial score (nSPS) is 10.2. The van der Waals surface area contributed by atoms with Crippen LogP contribution in [0.1, 0.15) is 18.4 Å². The quantitative estimate of drug-likeness (QED) is 0.669. The standard InChI is InChI=1S/C15H23NO4/c1-18-11-12-19-10-6-5-9-16-15(17)20-13-14-7-3-2-4-8-14/h2-4,7-8H,5-6,9-13H2,1H3,(H,16,17). The van der Waals surface area contributed by atoms with Crippen molar-refractivity contribution in [3.8, 4) is 0 Å². The van der Waals surface area contributed by atoms with Crippen LogP contribution in [0.5, 0.6) is 0 Å². The summed E-state index contributed by atoms with van der Waals surface area (Å²) < 4.78 is 15.3. The van der Waals surface area contributed by atoms with Crippen LogP contribution in [0.25, 0.3) is 0 Å². The Bertz CT molecular complexity index is 356. The van der Waals surface area contributed by atoms with E-state index < -0.39 is 0 Å². The number of rotatable bonds is 10. The molecule has 0 aliphatic rings. The first kappa shape index (κ1) is 16.5. The van der Waals surface area contributed by atoms with Gasteiger partial charge >= 0.3 is 6.09 Å². The summed E-state index contributed by atoms with van der Waals surface area (Å²) in [5.41, 5.74) is 0.981. The molecule has 5 nitrogen and oxygen atoms in total. The van der Waals surface area contributed by atoms with Crippen LogP contribution in [0.2, 0.25) is 0 Å². The Labute approximate surface area is 120 Å². The topological polar surface area (TPSA) is 56.8 Å². The largest absolute Gasteiger partial charge is 0.445 e. The highest BCUT2D eigenvalue weighted by molar-refractivity contribution is 5.67. The average molecular weight is 281 g/mol. The van der Waals surface area contributed by atoms with E-state index in [0.29, 0.717) is 33.0 Å². The van der Waals surface area contributed by atoms with Gasteiger partial charge in [-0.25, -0.2) is 4.79 Å². The van der Waals surface area contributed by atoms with Crippen LogP contribution in [0.4, 0.5) is 4.79 Å². The Morgan fingerprint density at radius 3 is 2.65 bits per heavy atom. The van der Waals surface area contributed by atoms with E-state index in [1.807, 2.05) is 30.3 Å². The molecule has 1 rings (SSSR count). The zero-order valence-corrected chi connectivity index (χ0v) is 12.0. The molecule has 0 saturated heterocycles. The number of carbonyl (C=O) groups is 1. The molecule has 1 aromatic rings. The van der Waals surface area contributed by atoms with Gasteiger partial charge in [0.15, 0.2) is 0 Å². The summed E-state index contributed by atoms with van der Waals surface area (Å²) >= 11 is 0. The Morgan fingerprint density at radius 2 is 1.90 bits per heavy atom. The summed E-state index contributed by atoms with van der Waals surface area (Å²) in [6.45, 7) is 2.81. The molecule has 0 aromatic heterocycles. The van der Waals surface area contributed by atoms with Gasteiger partial charge in [0, 0.05) is 20.3 Å². The van der Waals surface area contributed by atoms with E-state index in [-0.39, 0.29) is 6.09 Å². The van der Waals surface area contributed by atoms with E-state index in [2.05, 4.69) is 5.32 Å². The van der Waals surface area contributed by atoms with E-state index in [0.717, 1.165) is 18.4 Å². The molecule has 1 aromatic carbocycles. The van der Waals surface area contributed by atoms with Gasteiger partial charge < -0.3 is 19.5 Å². The fourth-order valence-corrected chi connectivity index (χ4v) is 1.54. The molecule has 0 aliphatic carbocycles. The highest BCUT2D eigenvalue weighted by Gasteiger charge is 2.01. The SMILES string of the molecule is COCCOCCCCNC(=O)OCc1ccccc1. The number of ether oxygens (including phenoxy) is 3. The second-order valence-electron chi connectivity index (χ2n) is 4.30. The minimum atomic E-state index is -0.380. The number of nitrogens with one attached hydrogen (secondary N) is 1. The maximum atomic E-state index is 11.4. The molecule has 0 aliphatic heterocycles. The molecule has 0 radical (unpaired) electrons. The maximum absolute atomic E-state index is 11.4. The summed E-state index contributed by atoms with van der Waals surface area (Å²) in [6, 6.07) is 9.61. The maximum Gasteiger partial charge on any atom is 0.407 e. The summed E-state index contributed by atoms with van der Waals surface area (Å²) in [7, 11) is 1.65. The predicted octanol–water partition coefficient (Wildman–Crippen LogP) is 2.36. The molecule has 20 heavy (non-hydrogen) atoms. The van der Waals surface area contributed by atoms with Gasteiger partial charge in [-0.1, -0.05) is 30.3 Å². The number of methoxy groups -OCH3 is 1. The van der Waals surface area contributed by atoms with Crippen LogP contribution < -0.4 is 5.32 Å². The van der Waals surface area contributed by atoms with Crippen molar-refractivity contribution in [2.45, 2.75) is 19.4 Å².